The Morgan fingerprint density at radius 1 is 1.57 bits per heavy atom. The molecule has 0 fully saturated rings. The number of rotatable bonds is 3. The maximum Gasteiger partial charge on any atom is 0.188 e. The van der Waals surface area contributed by atoms with Gasteiger partial charge in [-0.3, -0.25) is 0 Å². The minimum absolute atomic E-state index is 0.250. The van der Waals surface area contributed by atoms with Gasteiger partial charge in [0.05, 0.1) is 6.54 Å². The zero-order valence-electron chi connectivity index (χ0n) is 8.13. The topological polar surface area (TPSA) is 50.4 Å². The van der Waals surface area contributed by atoms with Crippen molar-refractivity contribution in [1.29, 1.82) is 0 Å². The Morgan fingerprint density at radius 3 is 3.00 bits per heavy atom. The first-order valence-electron chi connectivity index (χ1n) is 4.50. The minimum Gasteiger partial charge on any atom is -0.370 e. The van der Waals surface area contributed by atoms with Gasteiger partial charge >= 0.3 is 0 Å². The Kier molecular flexibility index (Phi) is 3.91. The third-order valence-electron chi connectivity index (χ3n) is 1.68. The van der Waals surface area contributed by atoms with Crippen LogP contribution in [-0.2, 0) is 6.54 Å². The minimum atomic E-state index is -0.250. The van der Waals surface area contributed by atoms with E-state index in [1.807, 2.05) is 13.0 Å². The maximum atomic E-state index is 12.7. The number of aliphatic imine (C=N–C) groups is 1. The highest BCUT2D eigenvalue weighted by atomic mass is 19.1. The molecule has 0 bridgehead atoms. The van der Waals surface area contributed by atoms with Gasteiger partial charge in [-0.2, -0.15) is 0 Å². The van der Waals surface area contributed by atoms with E-state index in [4.69, 9.17) is 5.73 Å². The summed E-state index contributed by atoms with van der Waals surface area (Å²) in [5.41, 5.74) is 6.33. The fraction of sp³-hybridized carbons (Fsp3) is 0.300. The molecule has 14 heavy (non-hydrogen) atoms. The zero-order chi connectivity index (χ0) is 10.4. The molecule has 0 aromatic heterocycles. The Labute approximate surface area is 82.8 Å². The molecule has 3 nitrogen and oxygen atoms in total. The lowest BCUT2D eigenvalue weighted by molar-refractivity contribution is 0.625. The number of benzene rings is 1. The quantitative estimate of drug-likeness (QED) is 0.563. The summed E-state index contributed by atoms with van der Waals surface area (Å²) >= 11 is 0. The summed E-state index contributed by atoms with van der Waals surface area (Å²) in [5, 5.41) is 2.86. The fourth-order valence-electron chi connectivity index (χ4n) is 1.05. The summed E-state index contributed by atoms with van der Waals surface area (Å²) in [7, 11) is 0. The second kappa shape index (κ2) is 5.21. The molecule has 76 valence electrons. The van der Waals surface area contributed by atoms with E-state index >= 15 is 0 Å². The van der Waals surface area contributed by atoms with Crippen LogP contribution in [0.25, 0.3) is 0 Å². The van der Waals surface area contributed by atoms with Crippen molar-refractivity contribution in [2.45, 2.75) is 13.5 Å². The number of hydrogen-bond acceptors (Lipinski definition) is 1. The van der Waals surface area contributed by atoms with Gasteiger partial charge in [-0.15, -0.1) is 0 Å². The van der Waals surface area contributed by atoms with E-state index < -0.39 is 0 Å². The van der Waals surface area contributed by atoms with Crippen LogP contribution in [0.1, 0.15) is 12.5 Å². The third-order valence-corrected chi connectivity index (χ3v) is 1.68. The van der Waals surface area contributed by atoms with E-state index in [0.29, 0.717) is 12.5 Å². The van der Waals surface area contributed by atoms with Gasteiger partial charge in [-0.25, -0.2) is 9.38 Å². The van der Waals surface area contributed by atoms with Crippen LogP contribution in [0, 0.1) is 5.82 Å². The third kappa shape index (κ3) is 3.43. The van der Waals surface area contributed by atoms with Crippen molar-refractivity contribution in [3.63, 3.8) is 0 Å². The van der Waals surface area contributed by atoms with Crippen molar-refractivity contribution in [1.82, 2.24) is 5.32 Å². The molecule has 0 spiro atoms. The number of nitrogens with zero attached hydrogens (tertiary/aromatic N) is 1. The van der Waals surface area contributed by atoms with Gasteiger partial charge in [0.25, 0.3) is 0 Å². The van der Waals surface area contributed by atoms with E-state index in [0.717, 1.165) is 12.1 Å². The molecule has 0 radical (unpaired) electrons. The molecule has 1 aromatic rings. The van der Waals surface area contributed by atoms with E-state index in [1.54, 1.807) is 6.07 Å². The molecule has 0 atom stereocenters. The molecule has 0 saturated carbocycles. The van der Waals surface area contributed by atoms with Gasteiger partial charge in [-0.05, 0) is 24.6 Å². The van der Waals surface area contributed by atoms with Crippen molar-refractivity contribution in [3.8, 4) is 0 Å². The highest BCUT2D eigenvalue weighted by Gasteiger charge is 1.94. The van der Waals surface area contributed by atoms with Crippen LogP contribution < -0.4 is 11.1 Å². The van der Waals surface area contributed by atoms with Crippen LogP contribution in [-0.4, -0.2) is 12.5 Å². The van der Waals surface area contributed by atoms with Crippen molar-refractivity contribution in [2.24, 2.45) is 10.7 Å². The van der Waals surface area contributed by atoms with E-state index in [1.165, 1.54) is 12.1 Å². The summed E-state index contributed by atoms with van der Waals surface area (Å²) < 4.78 is 12.7. The lowest BCUT2D eigenvalue weighted by atomic mass is 10.2. The fourth-order valence-corrected chi connectivity index (χ4v) is 1.05. The lowest BCUT2D eigenvalue weighted by Crippen LogP contribution is -2.31. The first-order valence-corrected chi connectivity index (χ1v) is 4.50. The van der Waals surface area contributed by atoms with Gasteiger partial charge in [0.15, 0.2) is 5.96 Å². The summed E-state index contributed by atoms with van der Waals surface area (Å²) in [6.07, 6.45) is 0. The molecule has 0 aliphatic carbocycles. The van der Waals surface area contributed by atoms with E-state index in [2.05, 4.69) is 10.3 Å². The zero-order valence-corrected chi connectivity index (χ0v) is 8.13. The van der Waals surface area contributed by atoms with Gasteiger partial charge in [0.1, 0.15) is 5.82 Å². The standard InChI is InChI=1S/C10H14FN3/c1-2-13-10(12)14-7-8-4-3-5-9(11)6-8/h3-6H,2,7H2,1H3,(H3,12,13,14). The van der Waals surface area contributed by atoms with Crippen LogP contribution in [0.4, 0.5) is 4.39 Å². The molecule has 0 heterocycles. The van der Waals surface area contributed by atoms with Gasteiger partial charge in [0, 0.05) is 6.54 Å². The largest absolute Gasteiger partial charge is 0.370 e. The van der Waals surface area contributed by atoms with Gasteiger partial charge < -0.3 is 11.1 Å². The van der Waals surface area contributed by atoms with Crippen molar-refractivity contribution >= 4 is 5.96 Å². The average molecular weight is 195 g/mol. The molecular formula is C10H14FN3. The maximum absolute atomic E-state index is 12.7. The van der Waals surface area contributed by atoms with Crippen LogP contribution in [0.5, 0.6) is 0 Å². The molecule has 3 N–H and O–H groups in total. The summed E-state index contributed by atoms with van der Waals surface area (Å²) in [6.45, 7) is 3.07. The number of nitrogens with two attached hydrogens (primary N) is 1. The Morgan fingerprint density at radius 2 is 2.36 bits per heavy atom. The molecule has 0 aliphatic heterocycles. The Hall–Kier alpha value is -1.58. The molecule has 4 heteroatoms. The van der Waals surface area contributed by atoms with Gasteiger partial charge in [-0.1, -0.05) is 12.1 Å². The molecule has 1 rings (SSSR count). The second-order valence-corrected chi connectivity index (χ2v) is 2.86. The molecule has 0 amide bonds. The van der Waals surface area contributed by atoms with Crippen LogP contribution in [0.2, 0.25) is 0 Å². The average Bonchev–Trinajstić information content (AvgIpc) is 2.15. The molecule has 0 aliphatic rings. The highest BCUT2D eigenvalue weighted by Crippen LogP contribution is 2.04. The predicted octanol–water partition coefficient (Wildman–Crippen LogP) is 1.25. The molecule has 0 saturated heterocycles. The van der Waals surface area contributed by atoms with Crippen LogP contribution >= 0.6 is 0 Å². The first kappa shape index (κ1) is 10.5. The number of guanidine groups is 1. The monoisotopic (exact) mass is 195 g/mol. The van der Waals surface area contributed by atoms with Crippen LogP contribution in [0.3, 0.4) is 0 Å². The summed E-state index contributed by atoms with van der Waals surface area (Å²) in [5.74, 6) is 0.136. The molecule has 1 aromatic carbocycles. The Bertz CT molecular complexity index is 323. The van der Waals surface area contributed by atoms with Crippen molar-refractivity contribution in [3.05, 3.63) is 35.6 Å². The Balaban J connectivity index is 2.57. The van der Waals surface area contributed by atoms with Crippen LogP contribution in [0.15, 0.2) is 29.3 Å². The normalized spacial score (nSPS) is 11.4. The van der Waals surface area contributed by atoms with E-state index in [9.17, 15) is 4.39 Å². The molecular weight excluding hydrogens is 181 g/mol. The van der Waals surface area contributed by atoms with Gasteiger partial charge in [0.2, 0.25) is 0 Å². The predicted molar refractivity (Wildman–Crippen MR) is 55.4 cm³/mol. The van der Waals surface area contributed by atoms with Crippen molar-refractivity contribution in [2.75, 3.05) is 6.54 Å². The number of halogens is 1. The highest BCUT2D eigenvalue weighted by molar-refractivity contribution is 5.77. The lowest BCUT2D eigenvalue weighted by Gasteiger charge is -2.01. The number of hydrogen-bond donors (Lipinski definition) is 2. The summed E-state index contributed by atoms with van der Waals surface area (Å²) in [6, 6.07) is 6.32. The summed E-state index contributed by atoms with van der Waals surface area (Å²) in [4.78, 5) is 4.04. The smallest absolute Gasteiger partial charge is 0.188 e. The first-order chi connectivity index (χ1) is 6.72. The molecule has 0 unspecified atom stereocenters. The van der Waals surface area contributed by atoms with E-state index in [-0.39, 0.29) is 5.82 Å². The SMILES string of the molecule is CCNC(N)=NCc1cccc(F)c1. The second-order valence-electron chi connectivity index (χ2n) is 2.86. The van der Waals surface area contributed by atoms with Crippen molar-refractivity contribution < 1.29 is 4.39 Å². The number of nitrogens with one attached hydrogen (secondary N) is 1.